The van der Waals surface area contributed by atoms with Gasteiger partial charge in [0.15, 0.2) is 0 Å². The van der Waals surface area contributed by atoms with Crippen LogP contribution in [0.15, 0.2) is 0 Å². The molecule has 0 aliphatic carbocycles. The molecule has 0 radical (unpaired) electrons. The maximum atomic E-state index is 7.91. The first-order valence-electron chi connectivity index (χ1n) is 4.00. The van der Waals surface area contributed by atoms with Gasteiger partial charge in [-0.2, -0.15) is 17.0 Å². The Labute approximate surface area is 77.9 Å². The highest BCUT2D eigenvalue weighted by Crippen LogP contribution is 2.14. The van der Waals surface area contributed by atoms with E-state index in [-0.39, 0.29) is 0 Å². The Kier molecular flexibility index (Phi) is 10.4. The summed E-state index contributed by atoms with van der Waals surface area (Å²) in [5.74, 6) is 3.80. The third-order valence-electron chi connectivity index (χ3n) is 1.20. The molecule has 1 aliphatic rings. The molecule has 11 heavy (non-hydrogen) atoms. The summed E-state index contributed by atoms with van der Waals surface area (Å²) in [5, 5.41) is 9.90. The van der Waals surface area contributed by atoms with Gasteiger partial charge in [0, 0.05) is 5.75 Å². The second kappa shape index (κ2) is 10.2. The van der Waals surface area contributed by atoms with E-state index in [0.29, 0.717) is 0 Å². The van der Waals surface area contributed by atoms with E-state index in [1.165, 1.54) is 36.1 Å². The molecule has 0 unspecified atom stereocenters. The van der Waals surface area contributed by atoms with Crippen LogP contribution in [0.4, 0.5) is 0 Å². The summed E-state index contributed by atoms with van der Waals surface area (Å²) < 4.78 is 0. The van der Waals surface area contributed by atoms with Gasteiger partial charge in [-0.05, 0) is 42.5 Å². The number of hydrogen-bond donors (Lipinski definition) is 0. The maximum absolute atomic E-state index is 7.91. The SMILES string of the molecule is C1CCSC1.CCCSC#N. The second-order valence-corrected chi connectivity index (χ2v) is 4.36. The van der Waals surface area contributed by atoms with Gasteiger partial charge in [-0.3, -0.25) is 0 Å². The second-order valence-electron chi connectivity index (χ2n) is 2.26. The molecule has 0 saturated carbocycles. The number of nitrogens with zero attached hydrogens (tertiary/aromatic N) is 1. The number of rotatable bonds is 2. The normalized spacial score (nSPS) is 14.9. The van der Waals surface area contributed by atoms with E-state index in [2.05, 4.69) is 18.7 Å². The Morgan fingerprint density at radius 2 is 2.09 bits per heavy atom. The first kappa shape index (κ1) is 11.2. The minimum absolute atomic E-state index is 0.969. The highest BCUT2D eigenvalue weighted by atomic mass is 32.2. The van der Waals surface area contributed by atoms with Crippen molar-refractivity contribution in [2.75, 3.05) is 17.3 Å². The lowest BCUT2D eigenvalue weighted by Crippen LogP contribution is -1.64. The molecule has 0 aromatic heterocycles. The average Bonchev–Trinajstić information content (AvgIpc) is 2.57. The van der Waals surface area contributed by atoms with Crippen LogP contribution >= 0.6 is 23.5 Å². The molecule has 1 rings (SSSR count). The molecular weight excluding hydrogens is 174 g/mol. The monoisotopic (exact) mass is 189 g/mol. The fourth-order valence-corrected chi connectivity index (χ4v) is 1.97. The summed E-state index contributed by atoms with van der Waals surface area (Å²) in [6, 6.07) is 0. The number of thiocyanates is 1. The molecule has 64 valence electrons. The summed E-state index contributed by atoms with van der Waals surface area (Å²) in [6.07, 6.45) is 4.02. The highest BCUT2D eigenvalue weighted by Gasteiger charge is 1.95. The third kappa shape index (κ3) is 10.2. The molecule has 1 heterocycles. The maximum Gasteiger partial charge on any atom is 0.133 e. The van der Waals surface area contributed by atoms with Crippen LogP contribution in [0.25, 0.3) is 0 Å². The topological polar surface area (TPSA) is 23.8 Å². The molecule has 1 aliphatic heterocycles. The highest BCUT2D eigenvalue weighted by molar-refractivity contribution is 8.03. The van der Waals surface area contributed by atoms with Crippen molar-refractivity contribution >= 4 is 23.5 Å². The van der Waals surface area contributed by atoms with E-state index in [1.54, 1.807) is 0 Å². The first-order valence-corrected chi connectivity index (χ1v) is 6.14. The van der Waals surface area contributed by atoms with E-state index in [1.807, 2.05) is 5.40 Å². The van der Waals surface area contributed by atoms with Gasteiger partial charge in [0.25, 0.3) is 0 Å². The van der Waals surface area contributed by atoms with Crippen molar-refractivity contribution in [2.24, 2.45) is 0 Å². The smallest absolute Gasteiger partial charge is 0.133 e. The van der Waals surface area contributed by atoms with Crippen molar-refractivity contribution in [2.45, 2.75) is 26.2 Å². The van der Waals surface area contributed by atoms with Gasteiger partial charge in [0.2, 0.25) is 0 Å². The quantitative estimate of drug-likeness (QED) is 0.492. The van der Waals surface area contributed by atoms with Crippen LogP contribution in [-0.4, -0.2) is 17.3 Å². The molecule has 0 atom stereocenters. The largest absolute Gasteiger partial charge is 0.185 e. The zero-order valence-corrected chi connectivity index (χ0v) is 8.64. The summed E-state index contributed by atoms with van der Waals surface area (Å²) >= 11 is 3.39. The molecule has 0 amide bonds. The Hall–Kier alpha value is 0.190. The van der Waals surface area contributed by atoms with Gasteiger partial charge in [0.1, 0.15) is 5.40 Å². The number of thioether (sulfide) groups is 2. The van der Waals surface area contributed by atoms with Crippen LogP contribution < -0.4 is 0 Å². The minimum Gasteiger partial charge on any atom is -0.185 e. The Balaban J connectivity index is 0.000000183. The van der Waals surface area contributed by atoms with Crippen LogP contribution in [0.1, 0.15) is 26.2 Å². The predicted molar refractivity (Wildman–Crippen MR) is 54.9 cm³/mol. The number of nitriles is 1. The van der Waals surface area contributed by atoms with Gasteiger partial charge in [-0.15, -0.1) is 0 Å². The Bertz CT molecular complexity index is 97.5. The lowest BCUT2D eigenvalue weighted by atomic mass is 10.4. The predicted octanol–water partition coefficient (Wildman–Crippen LogP) is 3.12. The van der Waals surface area contributed by atoms with Crippen LogP contribution in [0.2, 0.25) is 0 Å². The number of hydrogen-bond acceptors (Lipinski definition) is 3. The molecule has 1 fully saturated rings. The summed E-state index contributed by atoms with van der Waals surface area (Å²) in [5.41, 5.74) is 0. The molecule has 0 spiro atoms. The average molecular weight is 189 g/mol. The van der Waals surface area contributed by atoms with Crippen LogP contribution in [0.3, 0.4) is 0 Å². The molecule has 3 heteroatoms. The molecule has 0 aromatic rings. The van der Waals surface area contributed by atoms with Crippen molar-refractivity contribution in [1.82, 2.24) is 0 Å². The fraction of sp³-hybridized carbons (Fsp3) is 0.875. The molecule has 0 N–H and O–H groups in total. The Morgan fingerprint density at radius 1 is 1.45 bits per heavy atom. The molecule has 1 saturated heterocycles. The standard InChI is InChI=1S/C4H7NS.C4H8S/c1-2-3-6-4-5;1-2-4-5-3-1/h2-3H2,1H3;1-4H2. The van der Waals surface area contributed by atoms with Gasteiger partial charge >= 0.3 is 0 Å². The Morgan fingerprint density at radius 3 is 2.27 bits per heavy atom. The molecule has 1 nitrogen and oxygen atoms in total. The van der Waals surface area contributed by atoms with Gasteiger partial charge < -0.3 is 0 Å². The van der Waals surface area contributed by atoms with Gasteiger partial charge in [0.05, 0.1) is 0 Å². The van der Waals surface area contributed by atoms with Crippen molar-refractivity contribution < 1.29 is 0 Å². The van der Waals surface area contributed by atoms with Crippen molar-refractivity contribution in [3.63, 3.8) is 0 Å². The zero-order chi connectivity index (χ0) is 8.36. The van der Waals surface area contributed by atoms with E-state index < -0.39 is 0 Å². The minimum atomic E-state index is 0.969. The van der Waals surface area contributed by atoms with Gasteiger partial charge in [-0.1, -0.05) is 6.92 Å². The van der Waals surface area contributed by atoms with Gasteiger partial charge in [-0.25, -0.2) is 0 Å². The van der Waals surface area contributed by atoms with Crippen molar-refractivity contribution in [1.29, 1.82) is 5.26 Å². The summed E-state index contributed by atoms with van der Waals surface area (Å²) in [4.78, 5) is 0. The summed E-state index contributed by atoms with van der Waals surface area (Å²) in [6.45, 7) is 2.06. The first-order chi connectivity index (χ1) is 5.41. The third-order valence-corrected chi connectivity index (χ3v) is 3.09. The van der Waals surface area contributed by atoms with E-state index >= 15 is 0 Å². The van der Waals surface area contributed by atoms with Crippen LogP contribution in [0.5, 0.6) is 0 Å². The molecule has 0 bridgehead atoms. The van der Waals surface area contributed by atoms with E-state index in [0.717, 1.165) is 12.2 Å². The summed E-state index contributed by atoms with van der Waals surface area (Å²) in [7, 11) is 0. The van der Waals surface area contributed by atoms with Crippen molar-refractivity contribution in [3.05, 3.63) is 0 Å². The van der Waals surface area contributed by atoms with E-state index in [9.17, 15) is 0 Å². The van der Waals surface area contributed by atoms with Crippen molar-refractivity contribution in [3.8, 4) is 5.40 Å². The van der Waals surface area contributed by atoms with Crippen LogP contribution in [0, 0.1) is 10.7 Å². The van der Waals surface area contributed by atoms with E-state index in [4.69, 9.17) is 5.26 Å². The molecular formula is C8H15NS2. The molecule has 0 aromatic carbocycles. The lowest BCUT2D eigenvalue weighted by Gasteiger charge is -1.76. The fourth-order valence-electron chi connectivity index (χ4n) is 0.658. The van der Waals surface area contributed by atoms with Crippen LogP contribution in [-0.2, 0) is 0 Å². The lowest BCUT2D eigenvalue weighted by molar-refractivity contribution is 0.949. The zero-order valence-electron chi connectivity index (χ0n) is 7.01.